The van der Waals surface area contributed by atoms with Gasteiger partial charge in [-0.2, -0.15) is 10.3 Å². The van der Waals surface area contributed by atoms with Gasteiger partial charge < -0.3 is 4.74 Å². The summed E-state index contributed by atoms with van der Waals surface area (Å²) in [4.78, 5) is 18.2. The van der Waals surface area contributed by atoms with Crippen LogP contribution < -0.4 is 0 Å². The van der Waals surface area contributed by atoms with Crippen LogP contribution in [0.2, 0.25) is 0 Å². The summed E-state index contributed by atoms with van der Waals surface area (Å²) in [5.41, 5.74) is 2.45. The Morgan fingerprint density at radius 2 is 2.08 bits per heavy atom. The van der Waals surface area contributed by atoms with E-state index in [1.165, 1.54) is 7.11 Å². The highest BCUT2D eigenvalue weighted by Crippen LogP contribution is 2.36. The van der Waals surface area contributed by atoms with Gasteiger partial charge in [0.25, 0.3) is 0 Å². The molecule has 0 bridgehead atoms. The van der Waals surface area contributed by atoms with Gasteiger partial charge in [-0.15, -0.1) is 0 Å². The Kier molecular flexibility index (Phi) is 4.90. The van der Waals surface area contributed by atoms with Gasteiger partial charge in [0.1, 0.15) is 12.0 Å². The molecule has 2 atom stereocenters. The van der Waals surface area contributed by atoms with Crippen molar-refractivity contribution in [2.45, 2.75) is 12.6 Å². The third-order valence-electron chi connectivity index (χ3n) is 4.08. The van der Waals surface area contributed by atoms with Crippen LogP contribution in [0.25, 0.3) is 0 Å². The number of hydrogen-bond acceptors (Lipinski definition) is 5. The predicted molar refractivity (Wildman–Crippen MR) is 87.3 cm³/mol. The van der Waals surface area contributed by atoms with Crippen molar-refractivity contribution < 1.29 is 14.4 Å². The van der Waals surface area contributed by atoms with Crippen LogP contribution in [0.4, 0.5) is 0 Å². The van der Waals surface area contributed by atoms with Crippen molar-refractivity contribution in [3.63, 3.8) is 0 Å². The molecule has 0 spiro atoms. The topological polar surface area (TPSA) is 62.6 Å². The number of hydrogen-bond donors (Lipinski definition) is 0. The summed E-state index contributed by atoms with van der Waals surface area (Å²) in [7, 11) is 1.38. The van der Waals surface area contributed by atoms with E-state index >= 15 is 0 Å². The van der Waals surface area contributed by atoms with Crippen LogP contribution in [0.3, 0.4) is 0 Å². The smallest absolute Gasteiger partial charge is 0.313 e. The molecule has 1 aliphatic heterocycles. The van der Waals surface area contributed by atoms with Crippen molar-refractivity contribution >= 4 is 5.97 Å². The van der Waals surface area contributed by atoms with E-state index in [4.69, 9.17) is 14.8 Å². The number of carbonyl (C=O) groups excluding carboxylic acids is 1. The van der Waals surface area contributed by atoms with Crippen molar-refractivity contribution in [2.75, 3.05) is 13.7 Å². The molecule has 0 saturated carbocycles. The number of carbonyl (C=O) groups is 1. The first-order valence-electron chi connectivity index (χ1n) is 7.75. The summed E-state index contributed by atoms with van der Waals surface area (Å²) in [5, 5.41) is 10.9. The molecule has 2 aromatic rings. The number of ether oxygens (including phenoxy) is 1. The van der Waals surface area contributed by atoms with Crippen LogP contribution in [0.1, 0.15) is 22.8 Å². The second-order valence-corrected chi connectivity index (χ2v) is 5.70. The molecule has 2 aromatic carbocycles. The lowest BCUT2D eigenvalue weighted by atomic mass is 9.95. The number of hydroxylamine groups is 2. The number of benzene rings is 2. The minimum absolute atomic E-state index is 0.307. The van der Waals surface area contributed by atoms with Crippen LogP contribution in [-0.2, 0) is 20.9 Å². The quantitative estimate of drug-likeness (QED) is 0.810. The number of nitriles is 1. The van der Waals surface area contributed by atoms with Crippen molar-refractivity contribution in [3.8, 4) is 6.07 Å². The van der Waals surface area contributed by atoms with Gasteiger partial charge in [0.15, 0.2) is 0 Å². The molecule has 5 heteroatoms. The Morgan fingerprint density at radius 1 is 1.29 bits per heavy atom. The third kappa shape index (κ3) is 3.46. The molecule has 0 aliphatic carbocycles. The van der Waals surface area contributed by atoms with Gasteiger partial charge in [0.2, 0.25) is 0 Å². The molecule has 24 heavy (non-hydrogen) atoms. The Morgan fingerprint density at radius 3 is 2.79 bits per heavy atom. The molecule has 1 heterocycles. The summed E-state index contributed by atoms with van der Waals surface area (Å²) < 4.78 is 4.93. The molecule has 5 nitrogen and oxygen atoms in total. The average molecular weight is 322 g/mol. The Hall–Kier alpha value is -2.68. The van der Waals surface area contributed by atoms with E-state index in [1.807, 2.05) is 36.4 Å². The lowest BCUT2D eigenvalue weighted by molar-refractivity contribution is -0.161. The molecular formula is C19H18N2O3. The van der Waals surface area contributed by atoms with Crippen LogP contribution in [0.5, 0.6) is 0 Å². The summed E-state index contributed by atoms with van der Waals surface area (Å²) in [5.74, 6) is -0.731. The average Bonchev–Trinajstić information content (AvgIpc) is 3.05. The Balaban J connectivity index is 1.83. The van der Waals surface area contributed by atoms with E-state index in [2.05, 4.69) is 6.07 Å². The molecule has 1 saturated heterocycles. The zero-order valence-corrected chi connectivity index (χ0v) is 13.4. The highest BCUT2D eigenvalue weighted by Gasteiger charge is 2.40. The number of rotatable bonds is 4. The van der Waals surface area contributed by atoms with Crippen LogP contribution >= 0.6 is 0 Å². The molecule has 3 rings (SSSR count). The molecule has 0 radical (unpaired) electrons. The van der Waals surface area contributed by atoms with Gasteiger partial charge in [-0.05, 0) is 23.3 Å². The van der Waals surface area contributed by atoms with E-state index in [1.54, 1.807) is 23.3 Å². The van der Waals surface area contributed by atoms with E-state index in [0.29, 0.717) is 18.7 Å². The summed E-state index contributed by atoms with van der Waals surface area (Å²) in [6.45, 7) is 1.03. The molecule has 1 fully saturated rings. The lowest BCUT2D eigenvalue weighted by Crippen LogP contribution is -2.24. The monoisotopic (exact) mass is 322 g/mol. The zero-order valence-electron chi connectivity index (χ0n) is 13.4. The second kappa shape index (κ2) is 7.26. The van der Waals surface area contributed by atoms with Gasteiger partial charge in [-0.3, -0.25) is 9.63 Å². The molecular weight excluding hydrogens is 304 g/mol. The van der Waals surface area contributed by atoms with Gasteiger partial charge >= 0.3 is 5.97 Å². The third-order valence-corrected chi connectivity index (χ3v) is 4.08. The minimum atomic E-state index is -0.450. The van der Waals surface area contributed by atoms with Crippen molar-refractivity contribution in [1.82, 2.24) is 5.06 Å². The first-order valence-corrected chi connectivity index (χ1v) is 7.75. The maximum atomic E-state index is 12.2. The standard InChI is InChI=1S/C19H18N2O3/c1-23-19(22)17-13-21(12-14-6-3-2-4-7-14)24-18(17)16-9-5-8-15(10-16)11-20/h2-10,17-18H,12-13H2,1H3/t17-,18+/m0/s1. The number of methoxy groups -OCH3 is 1. The Labute approximate surface area is 141 Å². The van der Waals surface area contributed by atoms with Crippen LogP contribution in [0, 0.1) is 17.2 Å². The molecule has 0 amide bonds. The van der Waals surface area contributed by atoms with Gasteiger partial charge in [-0.25, -0.2) is 0 Å². The fourth-order valence-corrected chi connectivity index (χ4v) is 2.91. The predicted octanol–water partition coefficient (Wildman–Crippen LogP) is 2.84. The van der Waals surface area contributed by atoms with Crippen LogP contribution in [0.15, 0.2) is 54.6 Å². The normalized spacial score (nSPS) is 20.5. The highest BCUT2D eigenvalue weighted by molar-refractivity contribution is 5.74. The highest BCUT2D eigenvalue weighted by atomic mass is 16.7. The van der Waals surface area contributed by atoms with Gasteiger partial charge in [0.05, 0.1) is 18.7 Å². The van der Waals surface area contributed by atoms with Crippen molar-refractivity contribution in [1.29, 1.82) is 5.26 Å². The fraction of sp³-hybridized carbons (Fsp3) is 0.263. The number of nitrogens with zero attached hydrogens (tertiary/aromatic N) is 2. The first kappa shape index (κ1) is 16.2. The maximum Gasteiger partial charge on any atom is 0.313 e. The largest absolute Gasteiger partial charge is 0.469 e. The Bertz CT molecular complexity index is 755. The first-order chi connectivity index (χ1) is 11.7. The van der Waals surface area contributed by atoms with Crippen molar-refractivity contribution in [3.05, 3.63) is 71.3 Å². The fourth-order valence-electron chi connectivity index (χ4n) is 2.91. The van der Waals surface area contributed by atoms with E-state index in [0.717, 1.165) is 11.1 Å². The lowest BCUT2D eigenvalue weighted by Gasteiger charge is -2.17. The summed E-state index contributed by atoms with van der Waals surface area (Å²) >= 11 is 0. The maximum absolute atomic E-state index is 12.2. The van der Waals surface area contributed by atoms with Crippen LogP contribution in [-0.4, -0.2) is 24.7 Å². The SMILES string of the molecule is COC(=O)[C@H]1CN(Cc2ccccc2)O[C@@H]1c1cccc(C#N)c1. The van der Waals surface area contributed by atoms with E-state index in [-0.39, 0.29) is 5.97 Å². The molecule has 0 aromatic heterocycles. The molecule has 122 valence electrons. The molecule has 0 unspecified atom stereocenters. The van der Waals surface area contributed by atoms with E-state index in [9.17, 15) is 4.79 Å². The van der Waals surface area contributed by atoms with Gasteiger partial charge in [-0.1, -0.05) is 42.5 Å². The number of esters is 1. The molecule has 1 aliphatic rings. The second-order valence-electron chi connectivity index (χ2n) is 5.70. The van der Waals surface area contributed by atoms with Gasteiger partial charge in [0, 0.05) is 13.1 Å². The van der Waals surface area contributed by atoms with Crippen molar-refractivity contribution in [2.24, 2.45) is 5.92 Å². The van der Waals surface area contributed by atoms with E-state index < -0.39 is 12.0 Å². The molecule has 0 N–H and O–H groups in total. The summed E-state index contributed by atoms with van der Waals surface area (Å²) in [6, 6.07) is 19.2. The zero-order chi connectivity index (χ0) is 16.9. The summed E-state index contributed by atoms with van der Waals surface area (Å²) in [6.07, 6.45) is -0.450. The minimum Gasteiger partial charge on any atom is -0.469 e.